The molecule has 1 amide bonds. The summed E-state index contributed by atoms with van der Waals surface area (Å²) in [5.74, 6) is 0.492. The Morgan fingerprint density at radius 1 is 1.19 bits per heavy atom. The van der Waals surface area contributed by atoms with Gasteiger partial charge in [-0.3, -0.25) is 4.79 Å². The van der Waals surface area contributed by atoms with Crippen LogP contribution in [0.4, 0.5) is 0 Å². The Kier molecular flexibility index (Phi) is 9.17. The first kappa shape index (κ1) is 18.0. The van der Waals surface area contributed by atoms with E-state index >= 15 is 0 Å². The van der Waals surface area contributed by atoms with E-state index in [0.717, 1.165) is 0 Å². The normalized spacial score (nSPS) is 10.4. The molecule has 0 unspecified atom stereocenters. The summed E-state index contributed by atoms with van der Waals surface area (Å²) in [6.45, 7) is 1.66. The number of hydrogen-bond donors (Lipinski definition) is 2. The zero-order valence-electron chi connectivity index (χ0n) is 11.6. The third-order valence-corrected chi connectivity index (χ3v) is 3.25. The Labute approximate surface area is 134 Å². The van der Waals surface area contributed by atoms with Gasteiger partial charge < -0.3 is 19.9 Å². The van der Waals surface area contributed by atoms with Crippen LogP contribution in [0.15, 0.2) is 18.2 Å². The highest BCUT2D eigenvalue weighted by molar-refractivity contribution is 6.42. The van der Waals surface area contributed by atoms with Crippen LogP contribution in [-0.4, -0.2) is 44.0 Å². The van der Waals surface area contributed by atoms with Crippen molar-refractivity contribution < 1.29 is 19.4 Å². The monoisotopic (exact) mass is 335 g/mol. The van der Waals surface area contributed by atoms with Crippen LogP contribution in [0, 0.1) is 0 Å². The Morgan fingerprint density at radius 2 is 2.00 bits per heavy atom. The average molecular weight is 336 g/mol. The molecule has 118 valence electrons. The fraction of sp³-hybridized carbons (Fsp3) is 0.500. The maximum atomic E-state index is 11.5. The van der Waals surface area contributed by atoms with Crippen LogP contribution in [0.2, 0.25) is 10.0 Å². The SMILES string of the molecule is O=C(CCOc1ccc(Cl)c(Cl)c1)NCCCOCCO. The van der Waals surface area contributed by atoms with Crippen LogP contribution in [0.25, 0.3) is 0 Å². The quantitative estimate of drug-likeness (QED) is 0.643. The van der Waals surface area contributed by atoms with Gasteiger partial charge in [0, 0.05) is 19.2 Å². The number of carbonyl (C=O) groups is 1. The van der Waals surface area contributed by atoms with Crippen LogP contribution in [0.3, 0.4) is 0 Å². The highest BCUT2D eigenvalue weighted by atomic mass is 35.5. The number of aliphatic hydroxyl groups is 1. The van der Waals surface area contributed by atoms with Crippen LogP contribution >= 0.6 is 23.2 Å². The number of aliphatic hydroxyl groups excluding tert-OH is 1. The first-order valence-electron chi connectivity index (χ1n) is 6.66. The lowest BCUT2D eigenvalue weighted by atomic mass is 10.3. The Hall–Kier alpha value is -1.01. The lowest BCUT2D eigenvalue weighted by Crippen LogP contribution is -2.26. The van der Waals surface area contributed by atoms with Gasteiger partial charge in [-0.1, -0.05) is 23.2 Å². The number of ether oxygens (including phenoxy) is 2. The molecule has 0 atom stereocenters. The largest absolute Gasteiger partial charge is 0.493 e. The topological polar surface area (TPSA) is 67.8 Å². The minimum Gasteiger partial charge on any atom is -0.493 e. The smallest absolute Gasteiger partial charge is 0.223 e. The number of carbonyl (C=O) groups excluding carboxylic acids is 1. The molecule has 1 aromatic rings. The molecular weight excluding hydrogens is 317 g/mol. The Bertz CT molecular complexity index is 443. The van der Waals surface area contributed by atoms with Crippen molar-refractivity contribution in [3.63, 3.8) is 0 Å². The van der Waals surface area contributed by atoms with Crippen molar-refractivity contribution in [2.75, 3.05) is 33.0 Å². The minimum absolute atomic E-state index is 0.0123. The van der Waals surface area contributed by atoms with Crippen molar-refractivity contribution in [3.8, 4) is 5.75 Å². The molecule has 0 saturated carbocycles. The molecule has 0 heterocycles. The zero-order valence-corrected chi connectivity index (χ0v) is 13.1. The molecule has 0 aliphatic carbocycles. The Balaban J connectivity index is 2.09. The molecule has 2 N–H and O–H groups in total. The summed E-state index contributed by atoms with van der Waals surface area (Å²) in [5.41, 5.74) is 0. The van der Waals surface area contributed by atoms with E-state index in [1.165, 1.54) is 0 Å². The molecule has 5 nitrogen and oxygen atoms in total. The molecule has 0 spiro atoms. The van der Waals surface area contributed by atoms with Gasteiger partial charge in [0.05, 0.1) is 36.3 Å². The van der Waals surface area contributed by atoms with Gasteiger partial charge in [0.2, 0.25) is 5.91 Å². The summed E-state index contributed by atoms with van der Waals surface area (Å²) in [5, 5.41) is 12.1. The molecule has 7 heteroatoms. The minimum atomic E-state index is -0.0859. The molecule has 0 bridgehead atoms. The Morgan fingerprint density at radius 3 is 2.71 bits per heavy atom. The van der Waals surface area contributed by atoms with Gasteiger partial charge in [0.25, 0.3) is 0 Å². The van der Waals surface area contributed by atoms with E-state index in [2.05, 4.69) is 5.32 Å². The highest BCUT2D eigenvalue weighted by Crippen LogP contribution is 2.26. The molecule has 1 aromatic carbocycles. The molecule has 0 aliphatic rings. The third-order valence-electron chi connectivity index (χ3n) is 2.51. The first-order valence-corrected chi connectivity index (χ1v) is 7.42. The number of rotatable bonds is 10. The second-order valence-electron chi connectivity index (χ2n) is 4.21. The van der Waals surface area contributed by atoms with Crippen LogP contribution in [0.1, 0.15) is 12.8 Å². The van der Waals surface area contributed by atoms with E-state index in [1.807, 2.05) is 0 Å². The predicted molar refractivity (Wildman–Crippen MR) is 82.1 cm³/mol. The van der Waals surface area contributed by atoms with E-state index in [0.29, 0.717) is 42.0 Å². The van der Waals surface area contributed by atoms with Crippen molar-refractivity contribution in [2.45, 2.75) is 12.8 Å². The van der Waals surface area contributed by atoms with Crippen LogP contribution < -0.4 is 10.1 Å². The van der Waals surface area contributed by atoms with E-state index in [4.69, 9.17) is 37.8 Å². The second kappa shape index (κ2) is 10.7. The van der Waals surface area contributed by atoms with E-state index in [1.54, 1.807) is 18.2 Å². The molecule has 0 aromatic heterocycles. The standard InChI is InChI=1S/C14H19Cl2NO4/c15-12-3-2-11(10-13(12)16)21-8-4-14(19)17-5-1-7-20-9-6-18/h2-3,10,18H,1,4-9H2,(H,17,19). The van der Waals surface area contributed by atoms with Gasteiger partial charge in [0.15, 0.2) is 0 Å². The van der Waals surface area contributed by atoms with Gasteiger partial charge in [-0.25, -0.2) is 0 Å². The summed E-state index contributed by atoms with van der Waals surface area (Å²) in [7, 11) is 0. The van der Waals surface area contributed by atoms with Gasteiger partial charge in [-0.05, 0) is 18.6 Å². The molecular formula is C14H19Cl2NO4. The van der Waals surface area contributed by atoms with Gasteiger partial charge in [0.1, 0.15) is 5.75 Å². The fourth-order valence-corrected chi connectivity index (χ4v) is 1.77. The fourth-order valence-electron chi connectivity index (χ4n) is 1.49. The average Bonchev–Trinajstić information content (AvgIpc) is 2.46. The van der Waals surface area contributed by atoms with Gasteiger partial charge in [-0.2, -0.15) is 0 Å². The molecule has 0 saturated heterocycles. The first-order chi connectivity index (χ1) is 10.1. The van der Waals surface area contributed by atoms with Crippen molar-refractivity contribution in [3.05, 3.63) is 28.2 Å². The predicted octanol–water partition coefficient (Wildman–Crippen LogP) is 2.28. The number of nitrogens with one attached hydrogen (secondary N) is 1. The van der Waals surface area contributed by atoms with Crippen molar-refractivity contribution >= 4 is 29.1 Å². The molecule has 0 radical (unpaired) electrons. The summed E-state index contributed by atoms with van der Waals surface area (Å²) in [6.07, 6.45) is 0.969. The second-order valence-corrected chi connectivity index (χ2v) is 5.03. The van der Waals surface area contributed by atoms with Crippen molar-refractivity contribution in [1.82, 2.24) is 5.32 Å². The zero-order chi connectivity index (χ0) is 15.5. The molecule has 1 rings (SSSR count). The van der Waals surface area contributed by atoms with E-state index in [9.17, 15) is 4.79 Å². The van der Waals surface area contributed by atoms with Crippen LogP contribution in [0.5, 0.6) is 5.75 Å². The summed E-state index contributed by atoms with van der Waals surface area (Å²) >= 11 is 11.6. The lowest BCUT2D eigenvalue weighted by molar-refractivity contribution is -0.121. The highest BCUT2D eigenvalue weighted by Gasteiger charge is 2.03. The summed E-state index contributed by atoms with van der Waals surface area (Å²) in [4.78, 5) is 11.5. The number of hydrogen-bond acceptors (Lipinski definition) is 4. The molecule has 0 aliphatic heterocycles. The third kappa shape index (κ3) is 8.12. The van der Waals surface area contributed by atoms with Gasteiger partial charge >= 0.3 is 0 Å². The van der Waals surface area contributed by atoms with Gasteiger partial charge in [-0.15, -0.1) is 0 Å². The lowest BCUT2D eigenvalue weighted by Gasteiger charge is -2.08. The molecule has 21 heavy (non-hydrogen) atoms. The number of halogens is 2. The van der Waals surface area contributed by atoms with Crippen molar-refractivity contribution in [2.24, 2.45) is 0 Å². The van der Waals surface area contributed by atoms with Crippen LogP contribution in [-0.2, 0) is 9.53 Å². The van der Waals surface area contributed by atoms with E-state index < -0.39 is 0 Å². The summed E-state index contributed by atoms with van der Waals surface area (Å²) in [6, 6.07) is 4.95. The number of benzene rings is 1. The number of amides is 1. The maximum Gasteiger partial charge on any atom is 0.223 e. The maximum absolute atomic E-state index is 11.5. The molecule has 0 fully saturated rings. The van der Waals surface area contributed by atoms with Crippen molar-refractivity contribution in [1.29, 1.82) is 0 Å². The van der Waals surface area contributed by atoms with E-state index in [-0.39, 0.29) is 25.5 Å². The summed E-state index contributed by atoms with van der Waals surface area (Å²) < 4.78 is 10.5.